The molecule has 1 amide bonds. The molecule has 2 aromatic carbocycles. The summed E-state index contributed by atoms with van der Waals surface area (Å²) in [5, 5.41) is 11.3. The monoisotopic (exact) mass is 287 g/mol. The minimum atomic E-state index is -0.299. The highest BCUT2D eigenvalue weighted by molar-refractivity contribution is 5.93. The van der Waals surface area contributed by atoms with Gasteiger partial charge in [-0.25, -0.2) is 0 Å². The van der Waals surface area contributed by atoms with Crippen LogP contribution in [0.5, 0.6) is 11.5 Å². The average Bonchev–Trinajstić information content (AvgIpc) is 2.51. The summed E-state index contributed by atoms with van der Waals surface area (Å²) in [6.45, 7) is -0.0865. The Morgan fingerprint density at radius 1 is 1.05 bits per heavy atom. The summed E-state index contributed by atoms with van der Waals surface area (Å²) in [5.74, 6) is 0.947. The quantitative estimate of drug-likeness (QED) is 0.767. The van der Waals surface area contributed by atoms with Gasteiger partial charge in [0.05, 0.1) is 18.9 Å². The van der Waals surface area contributed by atoms with Gasteiger partial charge in [0.15, 0.2) is 5.75 Å². The van der Waals surface area contributed by atoms with Gasteiger partial charge in [-0.05, 0) is 24.3 Å². The van der Waals surface area contributed by atoms with Crippen LogP contribution in [-0.4, -0.2) is 30.8 Å². The van der Waals surface area contributed by atoms with Gasteiger partial charge in [-0.15, -0.1) is 0 Å². The zero-order chi connectivity index (χ0) is 14.9. The third kappa shape index (κ3) is 4.91. The number of carbonyl (C=O) groups is 1. The molecule has 0 atom stereocenters. The van der Waals surface area contributed by atoms with Crippen LogP contribution >= 0.6 is 0 Å². The van der Waals surface area contributed by atoms with Crippen LogP contribution in [-0.2, 0) is 9.53 Å². The second-order valence-electron chi connectivity index (χ2n) is 4.24. The van der Waals surface area contributed by atoms with Gasteiger partial charge in [0, 0.05) is 0 Å². The van der Waals surface area contributed by atoms with E-state index in [9.17, 15) is 4.79 Å². The molecule has 5 nitrogen and oxygen atoms in total. The van der Waals surface area contributed by atoms with Crippen molar-refractivity contribution in [3.05, 3.63) is 54.6 Å². The summed E-state index contributed by atoms with van der Waals surface area (Å²) in [4.78, 5) is 11.7. The van der Waals surface area contributed by atoms with E-state index in [1.807, 2.05) is 42.5 Å². The fraction of sp³-hybridized carbons (Fsp3) is 0.188. The van der Waals surface area contributed by atoms with Crippen LogP contribution in [0.15, 0.2) is 54.6 Å². The van der Waals surface area contributed by atoms with Crippen molar-refractivity contribution in [3.63, 3.8) is 0 Å². The van der Waals surface area contributed by atoms with Crippen molar-refractivity contribution in [1.29, 1.82) is 0 Å². The number of amides is 1. The first-order valence-electron chi connectivity index (χ1n) is 6.60. The van der Waals surface area contributed by atoms with Crippen LogP contribution in [0.2, 0.25) is 0 Å². The van der Waals surface area contributed by atoms with Crippen molar-refractivity contribution in [1.82, 2.24) is 0 Å². The molecule has 2 N–H and O–H groups in total. The minimum absolute atomic E-state index is 0.110. The molecule has 0 aliphatic carbocycles. The van der Waals surface area contributed by atoms with Crippen molar-refractivity contribution >= 4 is 11.6 Å². The Labute approximate surface area is 123 Å². The van der Waals surface area contributed by atoms with E-state index in [-0.39, 0.29) is 25.7 Å². The molecule has 0 unspecified atom stereocenters. The molecule has 110 valence electrons. The number of rotatable bonds is 7. The van der Waals surface area contributed by atoms with E-state index < -0.39 is 0 Å². The number of anilines is 1. The van der Waals surface area contributed by atoms with E-state index in [4.69, 9.17) is 14.6 Å². The molecule has 0 bridgehead atoms. The number of benzene rings is 2. The highest BCUT2D eigenvalue weighted by Gasteiger charge is 2.08. The third-order valence-corrected chi connectivity index (χ3v) is 2.60. The maximum atomic E-state index is 11.7. The topological polar surface area (TPSA) is 67.8 Å². The summed E-state index contributed by atoms with van der Waals surface area (Å²) in [6.07, 6.45) is 0. The number of carbonyl (C=O) groups excluding carboxylic acids is 1. The Balaban J connectivity index is 2.01. The Morgan fingerprint density at radius 2 is 1.76 bits per heavy atom. The minimum Gasteiger partial charge on any atom is -0.455 e. The van der Waals surface area contributed by atoms with Gasteiger partial charge in [0.1, 0.15) is 12.4 Å². The molecular formula is C16H17NO4. The van der Waals surface area contributed by atoms with Crippen LogP contribution in [0.1, 0.15) is 0 Å². The predicted octanol–water partition coefficient (Wildman–Crippen LogP) is 2.43. The SMILES string of the molecule is O=C(COCCO)Nc1ccccc1Oc1ccccc1. The van der Waals surface area contributed by atoms with Gasteiger partial charge in [-0.2, -0.15) is 0 Å². The Kier molecular flexibility index (Phi) is 5.75. The second-order valence-corrected chi connectivity index (χ2v) is 4.24. The van der Waals surface area contributed by atoms with E-state index in [1.54, 1.807) is 12.1 Å². The summed E-state index contributed by atoms with van der Waals surface area (Å²) in [5.41, 5.74) is 0.568. The van der Waals surface area contributed by atoms with E-state index >= 15 is 0 Å². The number of aliphatic hydroxyl groups is 1. The Bertz CT molecular complexity index is 571. The van der Waals surface area contributed by atoms with Crippen LogP contribution in [0.4, 0.5) is 5.69 Å². The Hall–Kier alpha value is -2.37. The largest absolute Gasteiger partial charge is 0.455 e. The summed E-state index contributed by atoms with van der Waals surface area (Å²) in [6, 6.07) is 16.5. The number of para-hydroxylation sites is 3. The normalized spacial score (nSPS) is 10.1. The summed E-state index contributed by atoms with van der Waals surface area (Å²) in [7, 11) is 0. The number of hydrogen-bond donors (Lipinski definition) is 2. The van der Waals surface area contributed by atoms with Gasteiger partial charge >= 0.3 is 0 Å². The van der Waals surface area contributed by atoms with Crippen LogP contribution in [0.3, 0.4) is 0 Å². The lowest BCUT2D eigenvalue weighted by molar-refractivity contribution is -0.120. The zero-order valence-corrected chi connectivity index (χ0v) is 11.5. The standard InChI is InChI=1S/C16H17NO4/c18-10-11-20-12-16(19)17-14-8-4-5-9-15(14)21-13-6-2-1-3-7-13/h1-9,18H,10-12H2,(H,17,19). The number of hydrogen-bond acceptors (Lipinski definition) is 4. The molecule has 0 aromatic heterocycles. The molecule has 0 aliphatic heterocycles. The van der Waals surface area contributed by atoms with Crippen LogP contribution in [0.25, 0.3) is 0 Å². The molecule has 2 aromatic rings. The lowest BCUT2D eigenvalue weighted by atomic mass is 10.3. The molecule has 0 spiro atoms. The van der Waals surface area contributed by atoms with E-state index in [2.05, 4.69) is 5.32 Å². The molecular weight excluding hydrogens is 270 g/mol. The fourth-order valence-corrected chi connectivity index (χ4v) is 1.69. The number of nitrogens with one attached hydrogen (secondary N) is 1. The third-order valence-electron chi connectivity index (χ3n) is 2.60. The number of ether oxygens (including phenoxy) is 2. The van der Waals surface area contributed by atoms with E-state index in [0.717, 1.165) is 0 Å². The first-order chi connectivity index (χ1) is 10.3. The van der Waals surface area contributed by atoms with Crippen molar-refractivity contribution in [2.24, 2.45) is 0 Å². The van der Waals surface area contributed by atoms with E-state index in [0.29, 0.717) is 17.2 Å². The highest BCUT2D eigenvalue weighted by Crippen LogP contribution is 2.28. The molecule has 5 heteroatoms. The average molecular weight is 287 g/mol. The van der Waals surface area contributed by atoms with Crippen molar-refractivity contribution < 1.29 is 19.4 Å². The molecule has 0 radical (unpaired) electrons. The van der Waals surface area contributed by atoms with Crippen LogP contribution in [0, 0.1) is 0 Å². The molecule has 2 rings (SSSR count). The molecule has 0 saturated carbocycles. The summed E-state index contributed by atoms with van der Waals surface area (Å²) >= 11 is 0. The highest BCUT2D eigenvalue weighted by atomic mass is 16.5. The fourth-order valence-electron chi connectivity index (χ4n) is 1.69. The number of aliphatic hydroxyl groups excluding tert-OH is 1. The first-order valence-corrected chi connectivity index (χ1v) is 6.60. The maximum Gasteiger partial charge on any atom is 0.250 e. The molecule has 0 saturated heterocycles. The van der Waals surface area contributed by atoms with Gasteiger partial charge in [-0.3, -0.25) is 4.79 Å². The van der Waals surface area contributed by atoms with Gasteiger partial charge in [0.25, 0.3) is 0 Å². The summed E-state index contributed by atoms with van der Waals surface area (Å²) < 4.78 is 10.7. The maximum absolute atomic E-state index is 11.7. The lowest BCUT2D eigenvalue weighted by Crippen LogP contribution is -2.19. The smallest absolute Gasteiger partial charge is 0.250 e. The van der Waals surface area contributed by atoms with Crippen molar-refractivity contribution in [2.75, 3.05) is 25.1 Å². The predicted molar refractivity (Wildman–Crippen MR) is 79.5 cm³/mol. The molecule has 0 fully saturated rings. The van der Waals surface area contributed by atoms with Gasteiger partial charge in [-0.1, -0.05) is 30.3 Å². The van der Waals surface area contributed by atoms with Crippen molar-refractivity contribution in [3.8, 4) is 11.5 Å². The lowest BCUT2D eigenvalue weighted by Gasteiger charge is -2.12. The van der Waals surface area contributed by atoms with Gasteiger partial charge in [0.2, 0.25) is 5.91 Å². The first kappa shape index (κ1) is 15.0. The zero-order valence-electron chi connectivity index (χ0n) is 11.5. The van der Waals surface area contributed by atoms with Crippen molar-refractivity contribution in [2.45, 2.75) is 0 Å². The Morgan fingerprint density at radius 3 is 2.52 bits per heavy atom. The second kappa shape index (κ2) is 8.04. The molecule has 0 aliphatic rings. The van der Waals surface area contributed by atoms with Crippen LogP contribution < -0.4 is 10.1 Å². The molecule has 21 heavy (non-hydrogen) atoms. The molecule has 0 heterocycles. The van der Waals surface area contributed by atoms with E-state index in [1.165, 1.54) is 0 Å². The van der Waals surface area contributed by atoms with Gasteiger partial charge < -0.3 is 19.9 Å².